The Labute approximate surface area is 307 Å². The van der Waals surface area contributed by atoms with E-state index in [1.54, 1.807) is 17.3 Å². The summed E-state index contributed by atoms with van der Waals surface area (Å²) in [4.78, 5) is 56.6. The Morgan fingerprint density at radius 2 is 1.40 bits per heavy atom. The van der Waals surface area contributed by atoms with Crippen molar-refractivity contribution < 1.29 is 29.0 Å². The van der Waals surface area contributed by atoms with Crippen LogP contribution in [0.15, 0.2) is 85.2 Å². The fraction of sp³-hybridized carbons (Fsp3) is 0.325. The van der Waals surface area contributed by atoms with E-state index in [1.807, 2.05) is 86.6 Å². The molecule has 5 aromatic rings. The summed E-state index contributed by atoms with van der Waals surface area (Å²) < 4.78 is 11.2. The molecule has 2 fully saturated rings. The van der Waals surface area contributed by atoms with E-state index in [9.17, 15) is 19.5 Å². The van der Waals surface area contributed by atoms with Gasteiger partial charge in [0.15, 0.2) is 0 Å². The summed E-state index contributed by atoms with van der Waals surface area (Å²) in [5, 5.41) is 12.3. The highest BCUT2D eigenvalue weighted by atomic mass is 16.5. The lowest BCUT2D eigenvalue weighted by atomic mass is 10.00. The van der Waals surface area contributed by atoms with Crippen molar-refractivity contribution in [1.82, 2.24) is 35.1 Å². The molecule has 0 aliphatic carbocycles. The minimum Gasteiger partial charge on any atom is -0.465 e. The van der Waals surface area contributed by atoms with Gasteiger partial charge in [0.25, 0.3) is 0 Å². The third kappa shape index (κ3) is 7.46. The number of imidazole rings is 2. The van der Waals surface area contributed by atoms with Crippen molar-refractivity contribution in [3.05, 3.63) is 96.8 Å². The molecule has 3 amide bonds. The molecule has 0 saturated carbocycles. The molecule has 0 bridgehead atoms. The number of amides is 3. The van der Waals surface area contributed by atoms with Gasteiger partial charge in [-0.2, -0.15) is 0 Å². The number of rotatable bonds is 10. The van der Waals surface area contributed by atoms with E-state index in [4.69, 9.17) is 14.5 Å². The van der Waals surface area contributed by atoms with Crippen LogP contribution in [0, 0.1) is 5.92 Å². The molecule has 0 radical (unpaired) electrons. The van der Waals surface area contributed by atoms with Crippen LogP contribution in [0.2, 0.25) is 0 Å². The summed E-state index contributed by atoms with van der Waals surface area (Å²) in [6.45, 7) is 4.87. The highest BCUT2D eigenvalue weighted by molar-refractivity contribution is 5.86. The summed E-state index contributed by atoms with van der Waals surface area (Å²) in [7, 11) is 1.28. The largest absolute Gasteiger partial charge is 0.465 e. The fourth-order valence-electron chi connectivity index (χ4n) is 7.24. The van der Waals surface area contributed by atoms with Crippen LogP contribution < -0.4 is 10.1 Å². The second-order valence-corrected chi connectivity index (χ2v) is 13.7. The van der Waals surface area contributed by atoms with Gasteiger partial charge in [-0.15, -0.1) is 0 Å². The summed E-state index contributed by atoms with van der Waals surface area (Å²) in [6, 6.07) is 22.5. The number of carbonyl (C=O) groups is 3. The number of para-hydroxylation sites is 1. The molecular weight excluding hydrogens is 674 g/mol. The average Bonchev–Trinajstić information content (AvgIpc) is 4.00. The van der Waals surface area contributed by atoms with Crippen molar-refractivity contribution in [2.24, 2.45) is 5.92 Å². The third-order valence-electron chi connectivity index (χ3n) is 10.0. The summed E-state index contributed by atoms with van der Waals surface area (Å²) in [5.74, 6) is 2.40. The maximum atomic E-state index is 13.7. The van der Waals surface area contributed by atoms with Gasteiger partial charge >= 0.3 is 12.2 Å². The third-order valence-corrected chi connectivity index (χ3v) is 10.0. The van der Waals surface area contributed by atoms with Gasteiger partial charge in [0, 0.05) is 24.2 Å². The van der Waals surface area contributed by atoms with Crippen molar-refractivity contribution in [3.8, 4) is 45.1 Å². The van der Waals surface area contributed by atoms with Crippen LogP contribution in [0.5, 0.6) is 11.5 Å². The Morgan fingerprint density at radius 1 is 0.811 bits per heavy atom. The molecule has 7 rings (SSSR count). The van der Waals surface area contributed by atoms with Crippen molar-refractivity contribution in [3.63, 3.8) is 0 Å². The monoisotopic (exact) mass is 717 g/mol. The number of aromatic amines is 2. The predicted molar refractivity (Wildman–Crippen MR) is 198 cm³/mol. The first-order chi connectivity index (χ1) is 25.7. The fourth-order valence-corrected chi connectivity index (χ4v) is 7.24. The number of likely N-dealkylation sites (tertiary alicyclic amines) is 2. The van der Waals surface area contributed by atoms with E-state index >= 15 is 0 Å². The van der Waals surface area contributed by atoms with E-state index < -0.39 is 18.2 Å². The Hall–Kier alpha value is -6.11. The van der Waals surface area contributed by atoms with Crippen molar-refractivity contribution in [1.29, 1.82) is 0 Å². The molecular formula is C40H43N7O6. The van der Waals surface area contributed by atoms with Gasteiger partial charge in [0.05, 0.1) is 43.0 Å². The van der Waals surface area contributed by atoms with E-state index in [-0.39, 0.29) is 23.9 Å². The quantitative estimate of drug-likeness (QED) is 0.114. The van der Waals surface area contributed by atoms with Crippen LogP contribution in [-0.4, -0.2) is 79.2 Å². The minimum absolute atomic E-state index is 0.125. The predicted octanol–water partition coefficient (Wildman–Crippen LogP) is 7.79. The van der Waals surface area contributed by atoms with Crippen LogP contribution in [0.25, 0.3) is 33.6 Å². The Kier molecular flexibility index (Phi) is 10.2. The number of hydrogen-bond acceptors (Lipinski definition) is 7. The first-order valence-corrected chi connectivity index (χ1v) is 17.9. The number of methoxy groups -OCH3 is 1. The molecule has 13 nitrogen and oxygen atoms in total. The van der Waals surface area contributed by atoms with E-state index in [0.29, 0.717) is 36.2 Å². The van der Waals surface area contributed by atoms with Crippen molar-refractivity contribution in [2.45, 2.75) is 57.7 Å². The molecule has 0 unspecified atom stereocenters. The van der Waals surface area contributed by atoms with Gasteiger partial charge in [-0.05, 0) is 67.0 Å². The van der Waals surface area contributed by atoms with Crippen LogP contribution >= 0.6 is 0 Å². The summed E-state index contributed by atoms with van der Waals surface area (Å²) in [5.41, 5.74) is 5.24. The SMILES string of the molecule is COC(=O)N[C@H](C(=O)N1CCC[C@H]1c1ncc(-c2ccc(-c3ccc(-c4cnc([C@@H]5CCCN5C(=O)O)[nH]4)cc3)c(Oc3ccccc3)c2)[nH]1)C(C)C. The number of hydrogen-bond donors (Lipinski definition) is 4. The number of nitrogens with one attached hydrogen (secondary N) is 3. The number of nitrogens with zero attached hydrogens (tertiary/aromatic N) is 4. The van der Waals surface area contributed by atoms with Gasteiger partial charge in [0.1, 0.15) is 29.2 Å². The Bertz CT molecular complexity index is 2080. The highest BCUT2D eigenvalue weighted by Crippen LogP contribution is 2.39. The van der Waals surface area contributed by atoms with Crippen molar-refractivity contribution >= 4 is 18.1 Å². The zero-order valence-corrected chi connectivity index (χ0v) is 29.9. The van der Waals surface area contributed by atoms with E-state index in [2.05, 4.69) is 20.3 Å². The van der Waals surface area contributed by atoms with Gasteiger partial charge in [0.2, 0.25) is 5.91 Å². The molecule has 2 aliphatic rings. The van der Waals surface area contributed by atoms with Crippen LogP contribution in [0.3, 0.4) is 0 Å². The Balaban J connectivity index is 1.14. The Morgan fingerprint density at radius 3 is 2.02 bits per heavy atom. The van der Waals surface area contributed by atoms with Gasteiger partial charge in [-0.25, -0.2) is 19.6 Å². The number of aromatic nitrogens is 4. The first kappa shape index (κ1) is 35.3. The molecule has 4 heterocycles. The molecule has 274 valence electrons. The van der Waals surface area contributed by atoms with Crippen LogP contribution in [0.4, 0.5) is 9.59 Å². The zero-order valence-electron chi connectivity index (χ0n) is 29.9. The number of alkyl carbamates (subject to hydrolysis) is 1. The maximum absolute atomic E-state index is 13.7. The average molecular weight is 718 g/mol. The zero-order chi connectivity index (χ0) is 37.1. The van der Waals surface area contributed by atoms with Gasteiger partial charge in [-0.1, -0.05) is 62.4 Å². The number of H-pyrrole nitrogens is 2. The standard InChI is InChI=1S/C40H43N7O6/c1-24(2)35(45-39(49)52-3)38(48)46-19-7-11-32(46)36-42-23-31(44-36)27-17-18-29(34(21-27)53-28-9-5-4-6-10-28)25-13-15-26(16-14-25)30-22-41-37(43-30)33-12-8-20-47(33)40(50)51/h4-6,9-10,13-18,21-24,32-33,35H,7-8,11-12,19-20H2,1-3H3,(H,41,43)(H,42,44)(H,45,49)(H,50,51)/t32-,33-,35-/m0/s1. The lowest BCUT2D eigenvalue weighted by molar-refractivity contribution is -0.135. The first-order valence-electron chi connectivity index (χ1n) is 17.9. The molecule has 3 aromatic carbocycles. The smallest absolute Gasteiger partial charge is 0.407 e. The highest BCUT2D eigenvalue weighted by Gasteiger charge is 2.37. The number of carboxylic acid groups (broad SMARTS) is 1. The number of benzene rings is 3. The molecule has 13 heteroatoms. The summed E-state index contributed by atoms with van der Waals surface area (Å²) in [6.07, 6.45) is 5.09. The number of ether oxygens (including phenoxy) is 2. The topological polar surface area (TPSA) is 166 Å². The van der Waals surface area contributed by atoms with Gasteiger partial charge < -0.3 is 34.8 Å². The molecule has 2 aliphatic heterocycles. The molecule has 4 N–H and O–H groups in total. The second-order valence-electron chi connectivity index (χ2n) is 13.7. The lowest BCUT2D eigenvalue weighted by Gasteiger charge is -2.30. The number of carbonyl (C=O) groups excluding carboxylic acids is 2. The molecule has 0 spiro atoms. The van der Waals surface area contributed by atoms with Crippen molar-refractivity contribution in [2.75, 3.05) is 20.2 Å². The molecule has 3 atom stereocenters. The van der Waals surface area contributed by atoms with E-state index in [0.717, 1.165) is 59.3 Å². The van der Waals surface area contributed by atoms with Crippen LogP contribution in [-0.2, 0) is 9.53 Å². The van der Waals surface area contributed by atoms with Crippen LogP contribution in [0.1, 0.15) is 63.3 Å². The maximum Gasteiger partial charge on any atom is 0.407 e. The molecule has 53 heavy (non-hydrogen) atoms. The van der Waals surface area contributed by atoms with E-state index in [1.165, 1.54) is 12.0 Å². The molecule has 2 aromatic heterocycles. The summed E-state index contributed by atoms with van der Waals surface area (Å²) >= 11 is 0. The van der Waals surface area contributed by atoms with Gasteiger partial charge in [-0.3, -0.25) is 9.69 Å². The second kappa shape index (κ2) is 15.2. The minimum atomic E-state index is -0.930. The lowest BCUT2D eigenvalue weighted by Crippen LogP contribution is -2.51. The normalized spacial score (nSPS) is 17.6. The molecule has 2 saturated heterocycles.